The Hall–Kier alpha value is -0.440. The van der Waals surface area contributed by atoms with Crippen LogP contribution in [0.2, 0.25) is 0 Å². The molecule has 43 heavy (non-hydrogen) atoms. The molecule has 1 saturated heterocycles. The van der Waals surface area contributed by atoms with E-state index in [4.69, 9.17) is 18.9 Å². The zero-order valence-corrected chi connectivity index (χ0v) is 30.0. The quantitative estimate of drug-likeness (QED) is 0.0876. The molecule has 2 heterocycles. The first-order chi connectivity index (χ1) is 20.8. The van der Waals surface area contributed by atoms with Crippen LogP contribution in [0.4, 0.5) is 0 Å². The van der Waals surface area contributed by atoms with Crippen LogP contribution in [0.5, 0.6) is 5.75 Å². The topological polar surface area (TPSA) is 40.2 Å². The number of hydrogen-bond donors (Lipinski definition) is 0. The lowest BCUT2D eigenvalue weighted by atomic mass is 9.92. The summed E-state index contributed by atoms with van der Waals surface area (Å²) in [5.41, 5.74) is 2.95. The zero-order chi connectivity index (χ0) is 30.9. The van der Waals surface area contributed by atoms with Crippen molar-refractivity contribution in [2.24, 2.45) is 17.8 Å². The highest BCUT2D eigenvalue weighted by Crippen LogP contribution is 2.27. The fourth-order valence-corrected chi connectivity index (χ4v) is 7.87. The van der Waals surface area contributed by atoms with E-state index in [0.717, 1.165) is 61.2 Å². The van der Waals surface area contributed by atoms with E-state index in [0.29, 0.717) is 13.2 Å². The van der Waals surface area contributed by atoms with Gasteiger partial charge in [0, 0.05) is 24.6 Å². The van der Waals surface area contributed by atoms with Gasteiger partial charge in [0.15, 0.2) is 0 Å². The van der Waals surface area contributed by atoms with Crippen molar-refractivity contribution in [2.75, 3.05) is 51.0 Å². The molecule has 3 rings (SSSR count). The van der Waals surface area contributed by atoms with Crippen LogP contribution in [0, 0.1) is 17.8 Å². The molecule has 0 amide bonds. The second-order valence-electron chi connectivity index (χ2n) is 13.7. The second-order valence-corrected chi connectivity index (χ2v) is 16.4. The van der Waals surface area contributed by atoms with Gasteiger partial charge in [0.25, 0.3) is 0 Å². The van der Waals surface area contributed by atoms with E-state index >= 15 is 0 Å². The summed E-state index contributed by atoms with van der Waals surface area (Å²) < 4.78 is 23.5. The predicted molar refractivity (Wildman–Crippen MR) is 187 cm³/mol. The van der Waals surface area contributed by atoms with Crippen LogP contribution in [0.15, 0.2) is 18.2 Å². The van der Waals surface area contributed by atoms with Crippen molar-refractivity contribution < 1.29 is 18.9 Å². The van der Waals surface area contributed by atoms with E-state index in [-0.39, 0.29) is 18.3 Å². The van der Waals surface area contributed by atoms with Crippen LogP contribution in [0.3, 0.4) is 0 Å². The normalized spacial score (nSPS) is 20.6. The zero-order valence-electron chi connectivity index (χ0n) is 28.3. The molecule has 0 saturated carbocycles. The Kier molecular flexibility index (Phi) is 18.4. The number of ether oxygens (including phenoxy) is 4. The molecule has 1 aromatic rings. The lowest BCUT2D eigenvalue weighted by Gasteiger charge is -2.29. The third kappa shape index (κ3) is 15.6. The monoisotopic (exact) mass is 637 g/mol. The molecule has 0 radical (unpaired) electrons. The molecule has 5 nitrogen and oxygen atoms in total. The molecule has 7 heteroatoms. The summed E-state index contributed by atoms with van der Waals surface area (Å²) in [5, 5.41) is 0. The van der Waals surface area contributed by atoms with Gasteiger partial charge in [0.1, 0.15) is 18.0 Å². The molecule has 4 atom stereocenters. The van der Waals surface area contributed by atoms with E-state index < -0.39 is 0 Å². The van der Waals surface area contributed by atoms with Crippen LogP contribution in [-0.4, -0.2) is 74.2 Å². The average Bonchev–Trinajstić information content (AvgIpc) is 3.40. The molecule has 1 aromatic carbocycles. The summed E-state index contributed by atoms with van der Waals surface area (Å²) >= 11 is 0. The van der Waals surface area contributed by atoms with Crippen molar-refractivity contribution in [3.05, 3.63) is 29.3 Å². The van der Waals surface area contributed by atoms with Gasteiger partial charge in [-0.25, -0.2) is 0 Å². The Labute approximate surface area is 272 Å². The highest BCUT2D eigenvalue weighted by molar-refractivity contribution is 8.76. The first kappa shape index (κ1) is 37.0. The Morgan fingerprint density at radius 1 is 0.814 bits per heavy atom. The molecule has 0 bridgehead atoms. The lowest BCUT2D eigenvalue weighted by molar-refractivity contribution is -0.0650. The van der Waals surface area contributed by atoms with Gasteiger partial charge in [0.05, 0.1) is 32.5 Å². The summed E-state index contributed by atoms with van der Waals surface area (Å²) in [7, 11) is 3.71. The van der Waals surface area contributed by atoms with Gasteiger partial charge in [-0.15, -0.1) is 0 Å². The van der Waals surface area contributed by atoms with Crippen molar-refractivity contribution in [2.45, 2.75) is 124 Å². The molecular formula is C36H63NO4S2. The van der Waals surface area contributed by atoms with E-state index in [1.807, 2.05) is 21.6 Å². The molecule has 0 N–H and O–H groups in total. The summed E-state index contributed by atoms with van der Waals surface area (Å²) in [5.74, 6) is 5.55. The van der Waals surface area contributed by atoms with Crippen molar-refractivity contribution in [3.8, 4) is 5.75 Å². The number of rotatable bonds is 23. The maximum absolute atomic E-state index is 6.09. The van der Waals surface area contributed by atoms with Gasteiger partial charge in [-0.1, -0.05) is 93.9 Å². The summed E-state index contributed by atoms with van der Waals surface area (Å²) in [6.45, 7) is 20.0. The molecule has 0 spiro atoms. The molecular weight excluding hydrogens is 575 g/mol. The third-order valence-corrected chi connectivity index (χ3v) is 11.1. The van der Waals surface area contributed by atoms with Gasteiger partial charge in [-0.05, 0) is 80.7 Å². The minimum atomic E-state index is 0.0640. The van der Waals surface area contributed by atoms with Crippen LogP contribution in [0.25, 0.3) is 0 Å². The molecule has 2 aliphatic rings. The largest absolute Gasteiger partial charge is 0.493 e. The second kappa shape index (κ2) is 21.4. The Morgan fingerprint density at radius 2 is 1.49 bits per heavy atom. The van der Waals surface area contributed by atoms with Crippen molar-refractivity contribution >= 4 is 21.6 Å². The molecule has 1 fully saturated rings. The van der Waals surface area contributed by atoms with Crippen LogP contribution >= 0.6 is 21.6 Å². The Morgan fingerprint density at radius 3 is 2.21 bits per heavy atom. The standard InChI is InChI=1S/C36H63NO4S2/c1-28(2)10-7-11-30(5)12-8-13-31(6)14-9-18-37-19-17-32-24-34(16-15-33(32)25-37)39-20-22-42-43-23-21-40-35-26-38-27-36(35)41-29(3)4/h15-16,24,28-31,35-36H,7-14,17-23,25-27H2,1-6H3. The Balaban J connectivity index is 1.19. The average molecular weight is 638 g/mol. The fraction of sp³-hybridized carbons (Fsp3) is 0.833. The summed E-state index contributed by atoms with van der Waals surface area (Å²) in [6, 6.07) is 6.74. The first-order valence-electron chi connectivity index (χ1n) is 17.4. The molecule has 2 aliphatic heterocycles. The number of hydrogen-bond acceptors (Lipinski definition) is 7. The van der Waals surface area contributed by atoms with Gasteiger partial charge < -0.3 is 18.9 Å². The molecule has 248 valence electrons. The Bertz CT molecular complexity index is 870. The fourth-order valence-electron chi connectivity index (χ4n) is 6.20. The lowest BCUT2D eigenvalue weighted by Crippen LogP contribution is -2.32. The minimum Gasteiger partial charge on any atom is -0.493 e. The van der Waals surface area contributed by atoms with E-state index in [1.165, 1.54) is 75.6 Å². The summed E-state index contributed by atoms with van der Waals surface area (Å²) in [6.07, 6.45) is 12.6. The molecule has 0 aromatic heterocycles. The van der Waals surface area contributed by atoms with Crippen LogP contribution in [0.1, 0.15) is 104 Å². The maximum Gasteiger partial charge on any atom is 0.119 e. The van der Waals surface area contributed by atoms with Crippen molar-refractivity contribution in [3.63, 3.8) is 0 Å². The number of nitrogens with zero attached hydrogens (tertiary/aromatic N) is 1. The van der Waals surface area contributed by atoms with Gasteiger partial charge in [0.2, 0.25) is 0 Å². The van der Waals surface area contributed by atoms with Crippen molar-refractivity contribution in [1.82, 2.24) is 4.90 Å². The summed E-state index contributed by atoms with van der Waals surface area (Å²) in [4.78, 5) is 2.65. The van der Waals surface area contributed by atoms with E-state index in [9.17, 15) is 0 Å². The van der Waals surface area contributed by atoms with Crippen LogP contribution < -0.4 is 4.74 Å². The smallest absolute Gasteiger partial charge is 0.119 e. The minimum absolute atomic E-state index is 0.0640. The van der Waals surface area contributed by atoms with Gasteiger partial charge >= 0.3 is 0 Å². The van der Waals surface area contributed by atoms with Gasteiger partial charge in [-0.2, -0.15) is 0 Å². The third-order valence-electron chi connectivity index (χ3n) is 8.76. The number of benzene rings is 1. The first-order valence-corrected chi connectivity index (χ1v) is 19.8. The highest BCUT2D eigenvalue weighted by Gasteiger charge is 2.30. The van der Waals surface area contributed by atoms with Crippen LogP contribution in [-0.2, 0) is 27.2 Å². The SMILES string of the molecule is CC(C)CCCC(C)CCCC(C)CCCN1CCc2cc(OCCSSCCOC3COCC3OC(C)C)ccc2C1. The predicted octanol–water partition coefficient (Wildman–Crippen LogP) is 9.06. The number of fused-ring (bicyclic) bond motifs is 1. The highest BCUT2D eigenvalue weighted by atomic mass is 33.1. The molecule has 4 unspecified atom stereocenters. The molecule has 0 aliphatic carbocycles. The van der Waals surface area contributed by atoms with E-state index in [2.05, 4.69) is 64.6 Å². The van der Waals surface area contributed by atoms with Crippen molar-refractivity contribution in [1.29, 1.82) is 0 Å². The van der Waals surface area contributed by atoms with E-state index in [1.54, 1.807) is 0 Å². The maximum atomic E-state index is 6.09. The van der Waals surface area contributed by atoms with Gasteiger partial charge in [-0.3, -0.25) is 4.90 Å².